The number of ether oxygens (including phenoxy) is 1. The van der Waals surface area contributed by atoms with Gasteiger partial charge in [0.15, 0.2) is 0 Å². The number of nitrogen functional groups attached to an aromatic ring is 1. The lowest BCUT2D eigenvalue weighted by Gasteiger charge is -2.08. The summed E-state index contributed by atoms with van der Waals surface area (Å²) < 4.78 is 27.8. The number of hydrogen-bond donors (Lipinski definition) is 2. The van der Waals surface area contributed by atoms with Crippen LogP contribution < -0.4 is 10.5 Å². The first-order valence-electron chi connectivity index (χ1n) is 5.82. The van der Waals surface area contributed by atoms with Gasteiger partial charge in [0.1, 0.15) is 15.6 Å². The lowest BCUT2D eigenvalue weighted by atomic mass is 10.2. The normalized spacial score (nSPS) is 11.2. The molecule has 0 saturated heterocycles. The molecule has 0 aliphatic carbocycles. The lowest BCUT2D eigenvalue weighted by molar-refractivity contribution is 0.0697. The third kappa shape index (κ3) is 4.78. The Morgan fingerprint density at radius 1 is 1.42 bits per heavy atom. The molecule has 0 bridgehead atoms. The van der Waals surface area contributed by atoms with Gasteiger partial charge in [0.2, 0.25) is 0 Å². The molecular weight excluding hydrogens is 270 g/mol. The van der Waals surface area contributed by atoms with Crippen molar-refractivity contribution in [3.8, 4) is 5.75 Å². The summed E-state index contributed by atoms with van der Waals surface area (Å²) in [4.78, 5) is 10.9. The average Bonchev–Trinajstić information content (AvgIpc) is 2.36. The van der Waals surface area contributed by atoms with E-state index in [1.54, 1.807) is 13.0 Å². The highest BCUT2D eigenvalue weighted by Crippen LogP contribution is 2.19. The number of aromatic carboxylic acids is 1. The number of hydrogen-bond acceptors (Lipinski definition) is 5. The largest absolute Gasteiger partial charge is 0.494 e. The highest BCUT2D eigenvalue weighted by atomic mass is 32.2. The summed E-state index contributed by atoms with van der Waals surface area (Å²) in [5, 5.41) is 8.89. The highest BCUT2D eigenvalue weighted by Gasteiger charge is 2.10. The molecule has 1 aromatic rings. The van der Waals surface area contributed by atoms with Crippen LogP contribution >= 0.6 is 0 Å². The van der Waals surface area contributed by atoms with Crippen molar-refractivity contribution in [2.75, 3.05) is 23.8 Å². The van der Waals surface area contributed by atoms with Crippen molar-refractivity contribution in [3.05, 3.63) is 23.8 Å². The van der Waals surface area contributed by atoms with Gasteiger partial charge in [0, 0.05) is 11.4 Å². The summed E-state index contributed by atoms with van der Waals surface area (Å²) in [6.45, 7) is 1.80. The minimum atomic E-state index is -3.00. The molecule has 0 fully saturated rings. The number of benzene rings is 1. The van der Waals surface area contributed by atoms with Gasteiger partial charge in [-0.3, -0.25) is 0 Å². The van der Waals surface area contributed by atoms with Gasteiger partial charge in [-0.15, -0.1) is 0 Å². The zero-order valence-corrected chi connectivity index (χ0v) is 11.4. The minimum Gasteiger partial charge on any atom is -0.494 e. The molecule has 0 aliphatic heterocycles. The van der Waals surface area contributed by atoms with Crippen molar-refractivity contribution in [3.63, 3.8) is 0 Å². The number of sulfone groups is 1. The third-order valence-corrected chi connectivity index (χ3v) is 4.35. The van der Waals surface area contributed by atoms with E-state index in [1.165, 1.54) is 12.1 Å². The Balaban J connectivity index is 2.55. The first kappa shape index (κ1) is 15.3. The molecule has 0 spiro atoms. The molecule has 0 unspecified atom stereocenters. The predicted molar refractivity (Wildman–Crippen MR) is 72.3 cm³/mol. The van der Waals surface area contributed by atoms with Crippen LogP contribution in [0.5, 0.6) is 5.75 Å². The maximum Gasteiger partial charge on any atom is 0.337 e. The standard InChI is InChI=1S/C12H17NO5S/c1-2-19(16,17)7-3-6-18-9-4-5-11(13)10(8-9)12(14)15/h4-5,8H,2-3,6-7,13H2,1H3,(H,14,15). The molecule has 0 aromatic heterocycles. The van der Waals surface area contributed by atoms with Gasteiger partial charge >= 0.3 is 5.97 Å². The predicted octanol–water partition coefficient (Wildman–Crippen LogP) is 1.17. The van der Waals surface area contributed by atoms with Crippen molar-refractivity contribution < 1.29 is 23.1 Å². The van der Waals surface area contributed by atoms with E-state index in [0.717, 1.165) is 0 Å². The molecule has 0 saturated carbocycles. The second-order valence-corrected chi connectivity index (χ2v) is 6.47. The van der Waals surface area contributed by atoms with E-state index in [-0.39, 0.29) is 29.4 Å². The first-order valence-corrected chi connectivity index (χ1v) is 7.64. The smallest absolute Gasteiger partial charge is 0.337 e. The van der Waals surface area contributed by atoms with E-state index in [9.17, 15) is 13.2 Å². The summed E-state index contributed by atoms with van der Waals surface area (Å²) in [5.74, 6) is -0.598. The zero-order valence-electron chi connectivity index (χ0n) is 10.6. The number of carboxylic acid groups (broad SMARTS) is 1. The van der Waals surface area contributed by atoms with Crippen molar-refractivity contribution in [1.29, 1.82) is 0 Å². The molecule has 0 radical (unpaired) electrons. The third-order valence-electron chi connectivity index (χ3n) is 2.56. The van der Waals surface area contributed by atoms with Gasteiger partial charge in [-0.25, -0.2) is 13.2 Å². The Bertz CT molecular complexity index is 553. The molecule has 1 rings (SSSR count). The summed E-state index contributed by atoms with van der Waals surface area (Å²) in [5.41, 5.74) is 5.64. The quantitative estimate of drug-likeness (QED) is 0.576. The first-order chi connectivity index (χ1) is 8.85. The molecule has 7 heteroatoms. The topological polar surface area (TPSA) is 107 Å². The van der Waals surface area contributed by atoms with Crippen LogP contribution in [0.2, 0.25) is 0 Å². The molecule has 19 heavy (non-hydrogen) atoms. The Hall–Kier alpha value is -1.76. The van der Waals surface area contributed by atoms with Crippen molar-refractivity contribution >= 4 is 21.5 Å². The number of rotatable bonds is 7. The van der Waals surface area contributed by atoms with Crippen molar-refractivity contribution in [2.24, 2.45) is 0 Å². The number of anilines is 1. The van der Waals surface area contributed by atoms with Crippen LogP contribution in [0.15, 0.2) is 18.2 Å². The van der Waals surface area contributed by atoms with E-state index in [2.05, 4.69) is 0 Å². The molecule has 3 N–H and O–H groups in total. The van der Waals surface area contributed by atoms with E-state index < -0.39 is 15.8 Å². The van der Waals surface area contributed by atoms with E-state index in [0.29, 0.717) is 12.2 Å². The van der Waals surface area contributed by atoms with Crippen LogP contribution in [0.4, 0.5) is 5.69 Å². The van der Waals surface area contributed by atoms with Crippen molar-refractivity contribution in [2.45, 2.75) is 13.3 Å². The Morgan fingerprint density at radius 3 is 2.68 bits per heavy atom. The Kier molecular flexibility index (Phi) is 5.17. The average molecular weight is 287 g/mol. The minimum absolute atomic E-state index is 0.0290. The maximum absolute atomic E-state index is 11.2. The van der Waals surface area contributed by atoms with Crippen LogP contribution in [0.1, 0.15) is 23.7 Å². The fourth-order valence-corrected chi connectivity index (χ4v) is 2.27. The van der Waals surface area contributed by atoms with Gasteiger partial charge in [0.25, 0.3) is 0 Å². The molecule has 106 valence electrons. The highest BCUT2D eigenvalue weighted by molar-refractivity contribution is 7.91. The second kappa shape index (κ2) is 6.42. The van der Waals surface area contributed by atoms with Crippen molar-refractivity contribution in [1.82, 2.24) is 0 Å². The van der Waals surface area contributed by atoms with Gasteiger partial charge < -0.3 is 15.6 Å². The molecule has 1 aromatic carbocycles. The maximum atomic E-state index is 11.2. The molecule has 6 nitrogen and oxygen atoms in total. The SMILES string of the molecule is CCS(=O)(=O)CCCOc1ccc(N)c(C(=O)O)c1. The van der Waals surface area contributed by atoms with Gasteiger partial charge in [-0.05, 0) is 24.6 Å². The fourth-order valence-electron chi connectivity index (χ4n) is 1.42. The lowest BCUT2D eigenvalue weighted by Crippen LogP contribution is -2.12. The number of nitrogens with two attached hydrogens (primary N) is 1. The Labute approximate surface area is 112 Å². The van der Waals surface area contributed by atoms with E-state index in [4.69, 9.17) is 15.6 Å². The Morgan fingerprint density at radius 2 is 2.11 bits per heavy atom. The van der Waals surface area contributed by atoms with Gasteiger partial charge in [-0.2, -0.15) is 0 Å². The molecular formula is C12H17NO5S. The van der Waals surface area contributed by atoms with Gasteiger partial charge in [0.05, 0.1) is 17.9 Å². The molecule has 0 aliphatic rings. The summed E-state index contributed by atoms with van der Waals surface area (Å²) in [6.07, 6.45) is 0.364. The van der Waals surface area contributed by atoms with Crippen LogP contribution in [0.3, 0.4) is 0 Å². The molecule has 0 atom stereocenters. The number of carbonyl (C=O) groups is 1. The van der Waals surface area contributed by atoms with Crippen LogP contribution in [-0.4, -0.2) is 37.6 Å². The second-order valence-electron chi connectivity index (χ2n) is 3.99. The molecule has 0 amide bonds. The van der Waals surface area contributed by atoms with E-state index in [1.807, 2.05) is 0 Å². The molecule has 0 heterocycles. The monoisotopic (exact) mass is 287 g/mol. The van der Waals surface area contributed by atoms with Crippen LogP contribution in [0.25, 0.3) is 0 Å². The van der Waals surface area contributed by atoms with E-state index >= 15 is 0 Å². The van der Waals surface area contributed by atoms with Crippen LogP contribution in [0, 0.1) is 0 Å². The summed E-state index contributed by atoms with van der Waals surface area (Å²) in [6, 6.07) is 4.32. The zero-order chi connectivity index (χ0) is 14.5. The fraction of sp³-hybridized carbons (Fsp3) is 0.417. The summed E-state index contributed by atoms with van der Waals surface area (Å²) in [7, 11) is -3.00. The summed E-state index contributed by atoms with van der Waals surface area (Å²) >= 11 is 0. The number of carboxylic acids is 1. The van der Waals surface area contributed by atoms with Crippen LogP contribution in [-0.2, 0) is 9.84 Å². The van der Waals surface area contributed by atoms with Gasteiger partial charge in [-0.1, -0.05) is 6.92 Å².